The maximum atomic E-state index is 5.72. The maximum Gasteiger partial charge on any atom is 0.191 e. The summed E-state index contributed by atoms with van der Waals surface area (Å²) < 4.78 is 7.81. The fraction of sp³-hybridized carbons (Fsp3) is 0.650. The number of hydrogen-bond donors (Lipinski definition) is 2. The van der Waals surface area contributed by atoms with Crippen molar-refractivity contribution in [2.24, 2.45) is 4.99 Å². The van der Waals surface area contributed by atoms with Crippen LogP contribution < -0.4 is 10.6 Å². The summed E-state index contributed by atoms with van der Waals surface area (Å²) in [5, 5.41) is 15.1. The normalized spacial score (nSPS) is 16.3. The molecule has 2 N–H and O–H groups in total. The third kappa shape index (κ3) is 6.50. The molecular formula is C20H33N7OS. The van der Waals surface area contributed by atoms with Crippen LogP contribution in [0.1, 0.15) is 37.4 Å². The molecule has 1 saturated heterocycles. The van der Waals surface area contributed by atoms with E-state index in [2.05, 4.69) is 49.5 Å². The van der Waals surface area contributed by atoms with Crippen LogP contribution in [-0.2, 0) is 13.0 Å². The van der Waals surface area contributed by atoms with E-state index in [9.17, 15) is 0 Å². The number of guanidine groups is 1. The van der Waals surface area contributed by atoms with E-state index in [0.29, 0.717) is 6.54 Å². The van der Waals surface area contributed by atoms with Gasteiger partial charge in [-0.2, -0.15) is 11.8 Å². The van der Waals surface area contributed by atoms with Crippen molar-refractivity contribution in [3.8, 4) is 0 Å². The van der Waals surface area contributed by atoms with Crippen molar-refractivity contribution in [3.63, 3.8) is 0 Å². The molecule has 0 aromatic carbocycles. The molecule has 0 spiro atoms. The molecule has 0 radical (unpaired) electrons. The predicted octanol–water partition coefficient (Wildman–Crippen LogP) is 2.17. The Bertz CT molecular complexity index is 725. The highest BCUT2D eigenvalue weighted by Gasteiger charge is 2.25. The first-order valence-electron chi connectivity index (χ1n) is 10.5. The number of likely N-dealkylation sites (tertiary alicyclic amines) is 1. The second-order valence-electron chi connectivity index (χ2n) is 7.10. The molecule has 1 unspecified atom stereocenters. The lowest BCUT2D eigenvalue weighted by atomic mass is 10.2. The molecule has 0 saturated carbocycles. The molecule has 160 valence electrons. The highest BCUT2D eigenvalue weighted by atomic mass is 32.2. The van der Waals surface area contributed by atoms with Gasteiger partial charge in [-0.25, -0.2) is 0 Å². The van der Waals surface area contributed by atoms with E-state index in [0.717, 1.165) is 62.4 Å². The van der Waals surface area contributed by atoms with Crippen LogP contribution in [-0.4, -0.2) is 70.4 Å². The van der Waals surface area contributed by atoms with Gasteiger partial charge in [-0.05, 0) is 44.3 Å². The zero-order valence-electron chi connectivity index (χ0n) is 17.5. The number of nitrogens with one attached hydrogen (secondary N) is 2. The first-order chi connectivity index (χ1) is 14.3. The Labute approximate surface area is 177 Å². The minimum atomic E-state index is 0.191. The van der Waals surface area contributed by atoms with Crippen molar-refractivity contribution in [1.82, 2.24) is 30.3 Å². The molecule has 3 rings (SSSR count). The minimum Gasteiger partial charge on any atom is -0.468 e. The van der Waals surface area contributed by atoms with Crippen molar-refractivity contribution in [1.29, 1.82) is 0 Å². The van der Waals surface area contributed by atoms with Gasteiger partial charge in [0.2, 0.25) is 0 Å². The Morgan fingerprint density at radius 1 is 1.31 bits per heavy atom. The van der Waals surface area contributed by atoms with Crippen LogP contribution in [0.15, 0.2) is 34.1 Å². The number of aliphatic imine (C=N–C) groups is 1. The van der Waals surface area contributed by atoms with Crippen molar-refractivity contribution in [2.45, 2.75) is 38.8 Å². The number of aromatic nitrogens is 3. The summed E-state index contributed by atoms with van der Waals surface area (Å²) in [6.07, 6.45) is 9.03. The summed E-state index contributed by atoms with van der Waals surface area (Å²) in [6.45, 7) is 7.45. The van der Waals surface area contributed by atoms with Gasteiger partial charge in [-0.15, -0.1) is 10.2 Å². The van der Waals surface area contributed by atoms with E-state index in [-0.39, 0.29) is 6.04 Å². The average Bonchev–Trinajstić information content (AvgIpc) is 3.50. The Balaban J connectivity index is 1.61. The van der Waals surface area contributed by atoms with Gasteiger partial charge >= 0.3 is 0 Å². The van der Waals surface area contributed by atoms with E-state index in [1.165, 1.54) is 12.8 Å². The smallest absolute Gasteiger partial charge is 0.191 e. The van der Waals surface area contributed by atoms with Crippen molar-refractivity contribution >= 4 is 17.7 Å². The Morgan fingerprint density at radius 2 is 2.14 bits per heavy atom. The highest BCUT2D eigenvalue weighted by Crippen LogP contribution is 2.25. The van der Waals surface area contributed by atoms with Gasteiger partial charge in [0.15, 0.2) is 5.96 Å². The third-order valence-electron chi connectivity index (χ3n) is 5.13. The van der Waals surface area contributed by atoms with Gasteiger partial charge in [0.05, 0.1) is 18.8 Å². The van der Waals surface area contributed by atoms with Crippen molar-refractivity contribution in [2.75, 3.05) is 44.7 Å². The number of nitrogens with zero attached hydrogens (tertiary/aromatic N) is 5. The molecule has 29 heavy (non-hydrogen) atoms. The molecule has 1 atom stereocenters. The molecule has 0 aliphatic carbocycles. The lowest BCUT2D eigenvalue weighted by molar-refractivity contribution is 0.221. The number of furan rings is 1. The van der Waals surface area contributed by atoms with Gasteiger partial charge < -0.3 is 19.6 Å². The lowest BCUT2D eigenvalue weighted by Gasteiger charge is -2.24. The molecule has 0 bridgehead atoms. The van der Waals surface area contributed by atoms with Crippen LogP contribution in [0.25, 0.3) is 0 Å². The molecule has 0 amide bonds. The SMILES string of the molecule is CCc1nncn1CCNC(=NCC(c1ccco1)N1CCCC1)NCCSC. The molecule has 3 heterocycles. The molecule has 8 nitrogen and oxygen atoms in total. The van der Waals surface area contributed by atoms with Gasteiger partial charge in [0.25, 0.3) is 0 Å². The molecule has 2 aromatic rings. The van der Waals surface area contributed by atoms with Crippen molar-refractivity contribution in [3.05, 3.63) is 36.3 Å². The summed E-state index contributed by atoms with van der Waals surface area (Å²) in [5.74, 6) is 3.89. The van der Waals surface area contributed by atoms with Gasteiger partial charge in [0, 0.05) is 31.8 Å². The van der Waals surface area contributed by atoms with Crippen LogP contribution in [0.2, 0.25) is 0 Å². The zero-order valence-corrected chi connectivity index (χ0v) is 18.3. The molecule has 1 aliphatic rings. The Hall–Kier alpha value is -2.00. The van der Waals surface area contributed by atoms with E-state index in [4.69, 9.17) is 9.41 Å². The van der Waals surface area contributed by atoms with Crippen molar-refractivity contribution < 1.29 is 4.42 Å². The highest BCUT2D eigenvalue weighted by molar-refractivity contribution is 7.98. The average molecular weight is 420 g/mol. The fourth-order valence-electron chi connectivity index (χ4n) is 3.58. The number of rotatable bonds is 11. The molecular weight excluding hydrogens is 386 g/mol. The molecule has 9 heteroatoms. The second-order valence-corrected chi connectivity index (χ2v) is 8.09. The molecule has 2 aromatic heterocycles. The third-order valence-corrected chi connectivity index (χ3v) is 5.74. The summed E-state index contributed by atoms with van der Waals surface area (Å²) >= 11 is 1.82. The number of thioether (sulfide) groups is 1. The van der Waals surface area contributed by atoms with E-state index in [1.807, 2.05) is 17.8 Å². The first kappa shape index (κ1) is 21.7. The predicted molar refractivity (Wildman–Crippen MR) is 118 cm³/mol. The standard InChI is InChI=1S/C20H33N7OS/c1-3-19-25-24-16-27(19)12-8-21-20(22-9-14-29-2)23-15-17(18-7-6-13-28-18)26-10-4-5-11-26/h6-7,13,16-17H,3-5,8-12,14-15H2,1-2H3,(H2,21,22,23). The van der Waals surface area contributed by atoms with E-state index >= 15 is 0 Å². The van der Waals surface area contributed by atoms with Gasteiger partial charge in [-0.3, -0.25) is 9.89 Å². The van der Waals surface area contributed by atoms with Crippen LogP contribution in [0, 0.1) is 0 Å². The van der Waals surface area contributed by atoms with Crippen LogP contribution in [0.3, 0.4) is 0 Å². The largest absolute Gasteiger partial charge is 0.468 e. The second kappa shape index (κ2) is 11.9. The fourth-order valence-corrected chi connectivity index (χ4v) is 3.88. The van der Waals surface area contributed by atoms with E-state index in [1.54, 1.807) is 12.6 Å². The minimum absolute atomic E-state index is 0.191. The molecule has 1 fully saturated rings. The lowest BCUT2D eigenvalue weighted by Crippen LogP contribution is -2.41. The van der Waals surface area contributed by atoms with E-state index < -0.39 is 0 Å². The van der Waals surface area contributed by atoms with Gasteiger partial charge in [0.1, 0.15) is 17.9 Å². The number of hydrogen-bond acceptors (Lipinski definition) is 6. The Morgan fingerprint density at radius 3 is 2.86 bits per heavy atom. The van der Waals surface area contributed by atoms with Crippen LogP contribution in [0.4, 0.5) is 0 Å². The quantitative estimate of drug-likeness (QED) is 0.328. The monoisotopic (exact) mass is 419 g/mol. The first-order valence-corrected chi connectivity index (χ1v) is 11.9. The Kier molecular flexibility index (Phi) is 8.88. The summed E-state index contributed by atoms with van der Waals surface area (Å²) in [4.78, 5) is 7.38. The summed E-state index contributed by atoms with van der Waals surface area (Å²) in [5.41, 5.74) is 0. The van der Waals surface area contributed by atoms with Crippen LogP contribution >= 0.6 is 11.8 Å². The summed E-state index contributed by atoms with van der Waals surface area (Å²) in [6, 6.07) is 4.21. The topological polar surface area (TPSA) is 83.5 Å². The zero-order chi connectivity index (χ0) is 20.3. The molecule has 1 aliphatic heterocycles. The van der Waals surface area contributed by atoms with Crippen LogP contribution in [0.5, 0.6) is 0 Å². The number of aryl methyl sites for hydroxylation is 1. The van der Waals surface area contributed by atoms with Gasteiger partial charge in [-0.1, -0.05) is 6.92 Å². The maximum absolute atomic E-state index is 5.72. The summed E-state index contributed by atoms with van der Waals surface area (Å²) in [7, 11) is 0.